The van der Waals surface area contributed by atoms with Crippen molar-refractivity contribution in [2.45, 2.75) is 73.1 Å². The van der Waals surface area contributed by atoms with Gasteiger partial charge in [0.25, 0.3) is 0 Å². The predicted molar refractivity (Wildman–Crippen MR) is 214 cm³/mol. The fourth-order valence-corrected chi connectivity index (χ4v) is 5.43. The highest BCUT2D eigenvalue weighted by Crippen LogP contribution is 2.40. The fourth-order valence-electron chi connectivity index (χ4n) is 5.43. The van der Waals surface area contributed by atoms with Crippen LogP contribution in [0.2, 0.25) is 0 Å². The van der Waals surface area contributed by atoms with E-state index in [9.17, 15) is 9.59 Å². The molecule has 12 heteroatoms. The third kappa shape index (κ3) is 28.7. The second-order valence-corrected chi connectivity index (χ2v) is 13.8. The highest BCUT2D eigenvalue weighted by atomic mass is 16.6. The largest absolute Gasteiger partial charge is 0.382 e. The van der Waals surface area contributed by atoms with E-state index < -0.39 is 0 Å². The van der Waals surface area contributed by atoms with Gasteiger partial charge in [0, 0.05) is 45.9 Å². The molecular formula is C42H72N2O10. The molecule has 0 aliphatic heterocycles. The maximum absolute atomic E-state index is 12.2. The van der Waals surface area contributed by atoms with Crippen molar-refractivity contribution in [2.24, 2.45) is 5.41 Å². The van der Waals surface area contributed by atoms with Gasteiger partial charge in [-0.05, 0) is 69.4 Å². The van der Waals surface area contributed by atoms with Crippen LogP contribution in [0.15, 0.2) is 58.7 Å². The summed E-state index contributed by atoms with van der Waals surface area (Å²) < 4.78 is 43.1. The van der Waals surface area contributed by atoms with Crippen LogP contribution in [0.5, 0.6) is 0 Å². The number of amides is 2. The third-order valence-corrected chi connectivity index (χ3v) is 8.45. The second-order valence-electron chi connectivity index (χ2n) is 13.8. The van der Waals surface area contributed by atoms with Crippen molar-refractivity contribution in [3.05, 3.63) is 58.7 Å². The highest BCUT2D eigenvalue weighted by Gasteiger charge is 2.26. The first kappa shape index (κ1) is 49.3. The summed E-state index contributed by atoms with van der Waals surface area (Å²) in [6.45, 7) is 19.5. The number of methoxy groups -OCH3 is 1. The van der Waals surface area contributed by atoms with Crippen LogP contribution in [-0.2, 0) is 47.5 Å². The average molecular weight is 765 g/mol. The first-order valence-corrected chi connectivity index (χ1v) is 19.6. The lowest BCUT2D eigenvalue weighted by Gasteiger charge is -2.32. The normalized spacial score (nSPS) is 15.1. The molecule has 0 bridgehead atoms. The van der Waals surface area contributed by atoms with Crippen LogP contribution >= 0.6 is 0 Å². The topological polar surface area (TPSA) is 132 Å². The molecule has 310 valence electrons. The maximum Gasteiger partial charge on any atom is 0.244 e. The molecule has 0 heterocycles. The van der Waals surface area contributed by atoms with Crippen molar-refractivity contribution < 1.29 is 47.5 Å². The first-order valence-electron chi connectivity index (χ1n) is 19.6. The van der Waals surface area contributed by atoms with Crippen molar-refractivity contribution >= 4 is 11.8 Å². The molecule has 1 aliphatic rings. The Hall–Kier alpha value is -2.68. The SMILES string of the molecule is COCCOCCOCCOCCOCCC(=O)NCCCOCCOCCOCCCNC(=O)/C=C(C)/C=C/C=C(C)/C=C/C1=C(C)CCCC1(C)C. The van der Waals surface area contributed by atoms with E-state index in [2.05, 4.69) is 56.6 Å². The van der Waals surface area contributed by atoms with E-state index in [-0.39, 0.29) is 17.2 Å². The monoisotopic (exact) mass is 765 g/mol. The average Bonchev–Trinajstić information content (AvgIpc) is 3.12. The fraction of sp³-hybridized carbons (Fsp3) is 0.714. The Morgan fingerprint density at radius 2 is 1.17 bits per heavy atom. The van der Waals surface area contributed by atoms with Gasteiger partial charge in [-0.2, -0.15) is 0 Å². The molecule has 0 saturated heterocycles. The minimum Gasteiger partial charge on any atom is -0.382 e. The molecule has 0 aromatic rings. The standard InChI is InChI=1S/C42H72N2O10/c1-36(14-15-39-38(3)13-8-17-42(39,4)5)11-7-12-37(2)35-41(46)44-19-10-21-49-26-29-52-28-25-48-20-9-18-43-40(45)16-22-50-27-30-53-33-34-54-32-31-51-24-23-47-6/h7,11-12,14-15,35H,8-10,13,16-34H2,1-6H3,(H,43,45)(H,44,46)/b12-7+,15-14+,36-11+,37-35+. The van der Waals surface area contributed by atoms with Gasteiger partial charge in [-0.15, -0.1) is 0 Å². The van der Waals surface area contributed by atoms with Gasteiger partial charge in [-0.1, -0.05) is 55.4 Å². The Bertz CT molecular complexity index is 1150. The molecular weight excluding hydrogens is 692 g/mol. The Kier molecular flexibility index (Phi) is 30.7. The quantitative estimate of drug-likeness (QED) is 0.0479. The summed E-state index contributed by atoms with van der Waals surface area (Å²) in [5.74, 6) is -0.157. The van der Waals surface area contributed by atoms with Crippen molar-refractivity contribution in [2.75, 3.05) is 119 Å². The molecule has 0 aromatic heterocycles. The van der Waals surface area contributed by atoms with Gasteiger partial charge < -0.3 is 48.5 Å². The van der Waals surface area contributed by atoms with Crippen molar-refractivity contribution in [3.63, 3.8) is 0 Å². The van der Waals surface area contributed by atoms with Gasteiger partial charge in [-0.25, -0.2) is 0 Å². The molecule has 1 rings (SSSR count). The van der Waals surface area contributed by atoms with Crippen LogP contribution in [0.3, 0.4) is 0 Å². The number of rotatable bonds is 34. The summed E-state index contributed by atoms with van der Waals surface area (Å²) in [5, 5.41) is 5.77. The summed E-state index contributed by atoms with van der Waals surface area (Å²) in [5.41, 5.74) is 5.25. The zero-order valence-electron chi connectivity index (χ0n) is 34.3. The lowest BCUT2D eigenvalue weighted by molar-refractivity contribution is -0.122. The predicted octanol–water partition coefficient (Wildman–Crippen LogP) is 5.68. The van der Waals surface area contributed by atoms with Crippen molar-refractivity contribution in [3.8, 4) is 0 Å². The van der Waals surface area contributed by atoms with E-state index in [1.54, 1.807) is 13.2 Å². The van der Waals surface area contributed by atoms with Gasteiger partial charge in [0.1, 0.15) is 0 Å². The van der Waals surface area contributed by atoms with E-state index >= 15 is 0 Å². The summed E-state index contributed by atoms with van der Waals surface area (Å²) >= 11 is 0. The smallest absolute Gasteiger partial charge is 0.244 e. The number of carbonyl (C=O) groups is 2. The Morgan fingerprint density at radius 1 is 0.667 bits per heavy atom. The number of hydrogen-bond acceptors (Lipinski definition) is 10. The molecule has 0 fully saturated rings. The lowest BCUT2D eigenvalue weighted by atomic mass is 9.72. The van der Waals surface area contributed by atoms with Gasteiger partial charge in [0.15, 0.2) is 0 Å². The molecule has 12 nitrogen and oxygen atoms in total. The van der Waals surface area contributed by atoms with Gasteiger partial charge >= 0.3 is 0 Å². The highest BCUT2D eigenvalue weighted by molar-refractivity contribution is 5.88. The minimum absolute atomic E-state index is 0.0489. The van der Waals surface area contributed by atoms with Crippen molar-refractivity contribution in [1.29, 1.82) is 0 Å². The van der Waals surface area contributed by atoms with Crippen LogP contribution in [0, 0.1) is 5.41 Å². The molecule has 0 aromatic carbocycles. The molecule has 0 saturated carbocycles. The van der Waals surface area contributed by atoms with Crippen LogP contribution < -0.4 is 10.6 Å². The molecule has 0 radical (unpaired) electrons. The van der Waals surface area contributed by atoms with E-state index in [4.69, 9.17) is 37.9 Å². The molecule has 0 spiro atoms. The Labute approximate surface area is 326 Å². The van der Waals surface area contributed by atoms with E-state index in [0.717, 1.165) is 18.4 Å². The molecule has 1 aliphatic carbocycles. The van der Waals surface area contributed by atoms with Crippen LogP contribution in [0.25, 0.3) is 0 Å². The van der Waals surface area contributed by atoms with Crippen LogP contribution in [0.4, 0.5) is 0 Å². The summed E-state index contributed by atoms with van der Waals surface area (Å²) in [4.78, 5) is 24.1. The summed E-state index contributed by atoms with van der Waals surface area (Å²) in [6, 6.07) is 0. The molecule has 0 unspecified atom stereocenters. The van der Waals surface area contributed by atoms with Gasteiger partial charge in [-0.3, -0.25) is 9.59 Å². The van der Waals surface area contributed by atoms with E-state index in [1.807, 2.05) is 19.1 Å². The summed E-state index contributed by atoms with van der Waals surface area (Å²) in [6.07, 6.45) is 17.5. The summed E-state index contributed by atoms with van der Waals surface area (Å²) in [7, 11) is 1.64. The number of nitrogens with one attached hydrogen (secondary N) is 2. The maximum atomic E-state index is 12.2. The second kappa shape index (κ2) is 33.6. The van der Waals surface area contributed by atoms with Gasteiger partial charge in [0.2, 0.25) is 11.8 Å². The zero-order chi connectivity index (χ0) is 39.5. The number of allylic oxidation sites excluding steroid dienone is 9. The Morgan fingerprint density at radius 3 is 1.70 bits per heavy atom. The van der Waals surface area contributed by atoms with Crippen molar-refractivity contribution in [1.82, 2.24) is 10.6 Å². The van der Waals surface area contributed by atoms with Crippen LogP contribution in [0.1, 0.15) is 73.1 Å². The molecule has 2 N–H and O–H groups in total. The zero-order valence-corrected chi connectivity index (χ0v) is 34.3. The lowest BCUT2D eigenvalue weighted by Crippen LogP contribution is -2.26. The number of ether oxygens (including phenoxy) is 8. The molecule has 0 atom stereocenters. The first-order chi connectivity index (χ1) is 26.2. The number of carbonyl (C=O) groups excluding carboxylic acids is 2. The Balaban J connectivity index is 1.90. The number of hydrogen-bond donors (Lipinski definition) is 2. The van der Waals surface area contributed by atoms with E-state index in [1.165, 1.54) is 36.0 Å². The van der Waals surface area contributed by atoms with Crippen LogP contribution in [-0.4, -0.2) is 131 Å². The minimum atomic E-state index is -0.108. The molecule has 54 heavy (non-hydrogen) atoms. The van der Waals surface area contributed by atoms with E-state index in [0.29, 0.717) is 119 Å². The third-order valence-electron chi connectivity index (χ3n) is 8.45. The molecule has 2 amide bonds. The van der Waals surface area contributed by atoms with Gasteiger partial charge in [0.05, 0.1) is 85.9 Å².